The van der Waals surface area contributed by atoms with Gasteiger partial charge >= 0.3 is 0 Å². The maximum atomic E-state index is 12.7. The summed E-state index contributed by atoms with van der Waals surface area (Å²) < 4.78 is 6.90. The van der Waals surface area contributed by atoms with Crippen LogP contribution in [-0.4, -0.2) is 45.2 Å². The topological polar surface area (TPSA) is 102 Å². The molecule has 1 unspecified atom stereocenters. The van der Waals surface area contributed by atoms with Gasteiger partial charge in [0, 0.05) is 30.4 Å². The van der Waals surface area contributed by atoms with Crippen molar-refractivity contribution in [3.05, 3.63) is 53.6 Å². The highest BCUT2D eigenvalue weighted by atomic mass is 16.5. The molecule has 0 aliphatic carbocycles. The van der Waals surface area contributed by atoms with Gasteiger partial charge in [0.2, 0.25) is 11.8 Å². The predicted octanol–water partition coefficient (Wildman–Crippen LogP) is 2.59. The number of hydrogen-bond acceptors (Lipinski definition) is 6. The molecule has 0 spiro atoms. The highest BCUT2D eigenvalue weighted by Gasteiger charge is 2.35. The number of hydrogen-bond donors (Lipinski definition) is 1. The maximum Gasteiger partial charge on any atom is 0.250 e. The zero-order chi connectivity index (χ0) is 22.1. The van der Waals surface area contributed by atoms with Crippen LogP contribution in [0.25, 0.3) is 5.95 Å². The third kappa shape index (κ3) is 3.98. The molecule has 0 radical (unpaired) electrons. The number of benzene rings is 1. The van der Waals surface area contributed by atoms with Crippen LogP contribution >= 0.6 is 0 Å². The van der Waals surface area contributed by atoms with Crippen molar-refractivity contribution in [3.8, 4) is 11.7 Å². The Balaban J connectivity index is 1.43. The Morgan fingerprint density at radius 2 is 1.94 bits per heavy atom. The lowest BCUT2D eigenvalue weighted by atomic mass is 10.1. The van der Waals surface area contributed by atoms with Crippen LogP contribution in [0.1, 0.15) is 23.4 Å². The summed E-state index contributed by atoms with van der Waals surface area (Å²) in [5.41, 5.74) is 4.17. The molecule has 3 aromatic rings. The molecule has 160 valence electrons. The monoisotopic (exact) mass is 420 g/mol. The molecule has 31 heavy (non-hydrogen) atoms. The molecule has 9 nitrogen and oxygen atoms in total. The summed E-state index contributed by atoms with van der Waals surface area (Å²) in [7, 11) is 1.57. The standard InChI is InChI=1S/C22H24N6O3/c1-13-14(2)26-28(15(13)3)22-23-10-17(11-24-22)25-21(30)16-8-20(29)27(12-16)18-6-5-7-19(9-18)31-4/h5-7,9-11,16H,8,12H2,1-4H3,(H,25,30). The summed E-state index contributed by atoms with van der Waals surface area (Å²) >= 11 is 0. The number of carbonyl (C=O) groups is 2. The first-order valence-electron chi connectivity index (χ1n) is 9.98. The summed E-state index contributed by atoms with van der Waals surface area (Å²) in [4.78, 5) is 35.5. The first-order valence-corrected chi connectivity index (χ1v) is 9.98. The van der Waals surface area contributed by atoms with Crippen LogP contribution in [0.5, 0.6) is 5.75 Å². The normalized spacial score (nSPS) is 15.9. The van der Waals surface area contributed by atoms with Crippen LogP contribution in [0.15, 0.2) is 36.7 Å². The average Bonchev–Trinajstić information content (AvgIpc) is 3.29. The first kappa shape index (κ1) is 20.5. The molecule has 1 N–H and O–H groups in total. The van der Waals surface area contributed by atoms with Gasteiger partial charge in [-0.2, -0.15) is 5.10 Å². The zero-order valence-electron chi connectivity index (χ0n) is 17.9. The van der Waals surface area contributed by atoms with E-state index < -0.39 is 5.92 Å². The van der Waals surface area contributed by atoms with Crippen molar-refractivity contribution < 1.29 is 14.3 Å². The van der Waals surface area contributed by atoms with Gasteiger partial charge in [0.25, 0.3) is 5.95 Å². The van der Waals surface area contributed by atoms with E-state index in [1.165, 1.54) is 0 Å². The number of anilines is 2. The van der Waals surface area contributed by atoms with E-state index in [1.54, 1.807) is 35.2 Å². The van der Waals surface area contributed by atoms with Crippen molar-refractivity contribution >= 4 is 23.2 Å². The number of nitrogens with zero attached hydrogens (tertiary/aromatic N) is 5. The van der Waals surface area contributed by atoms with Gasteiger partial charge in [0.1, 0.15) is 5.75 Å². The maximum absolute atomic E-state index is 12.7. The molecule has 0 saturated carbocycles. The van der Waals surface area contributed by atoms with Gasteiger partial charge < -0.3 is 15.0 Å². The average molecular weight is 420 g/mol. The molecule has 2 aromatic heterocycles. The van der Waals surface area contributed by atoms with Crippen molar-refractivity contribution in [2.75, 3.05) is 23.9 Å². The van der Waals surface area contributed by atoms with Crippen molar-refractivity contribution in [1.82, 2.24) is 19.7 Å². The molecule has 1 saturated heterocycles. The fraction of sp³-hybridized carbons (Fsp3) is 0.318. The smallest absolute Gasteiger partial charge is 0.250 e. The second-order valence-corrected chi connectivity index (χ2v) is 7.58. The third-order valence-electron chi connectivity index (χ3n) is 5.61. The molecule has 1 aliphatic rings. The summed E-state index contributed by atoms with van der Waals surface area (Å²) in [5, 5.41) is 7.26. The fourth-order valence-corrected chi connectivity index (χ4v) is 3.57. The summed E-state index contributed by atoms with van der Waals surface area (Å²) in [6.07, 6.45) is 3.23. The van der Waals surface area contributed by atoms with E-state index in [2.05, 4.69) is 20.4 Å². The Morgan fingerprint density at radius 3 is 2.58 bits per heavy atom. The minimum Gasteiger partial charge on any atom is -0.497 e. The van der Waals surface area contributed by atoms with Crippen molar-refractivity contribution in [2.24, 2.45) is 5.92 Å². The number of rotatable bonds is 5. The Bertz CT molecular complexity index is 1140. The minimum absolute atomic E-state index is 0.0973. The van der Waals surface area contributed by atoms with E-state index >= 15 is 0 Å². The zero-order valence-corrected chi connectivity index (χ0v) is 17.9. The lowest BCUT2D eigenvalue weighted by Gasteiger charge is -2.17. The molecule has 1 aromatic carbocycles. The van der Waals surface area contributed by atoms with Gasteiger partial charge in [-0.3, -0.25) is 9.59 Å². The second kappa shape index (κ2) is 8.17. The summed E-state index contributed by atoms with van der Waals surface area (Å²) in [5.74, 6) is 0.300. The second-order valence-electron chi connectivity index (χ2n) is 7.58. The Morgan fingerprint density at radius 1 is 1.19 bits per heavy atom. The first-order chi connectivity index (χ1) is 14.9. The number of aryl methyl sites for hydroxylation is 1. The molecule has 3 heterocycles. The van der Waals surface area contributed by atoms with Crippen LogP contribution in [0.4, 0.5) is 11.4 Å². The van der Waals surface area contributed by atoms with E-state index in [4.69, 9.17) is 4.74 Å². The van der Waals surface area contributed by atoms with E-state index in [1.807, 2.05) is 39.0 Å². The molecule has 9 heteroatoms. The van der Waals surface area contributed by atoms with E-state index in [9.17, 15) is 9.59 Å². The van der Waals surface area contributed by atoms with Crippen LogP contribution in [0.3, 0.4) is 0 Å². The molecule has 1 aliphatic heterocycles. The molecular formula is C22H24N6O3. The van der Waals surface area contributed by atoms with Gasteiger partial charge in [-0.15, -0.1) is 0 Å². The molecule has 4 rings (SSSR count). The molecular weight excluding hydrogens is 396 g/mol. The largest absolute Gasteiger partial charge is 0.497 e. The highest BCUT2D eigenvalue weighted by molar-refractivity contribution is 6.03. The lowest BCUT2D eigenvalue weighted by molar-refractivity contribution is -0.122. The number of amides is 2. The number of carbonyl (C=O) groups excluding carboxylic acids is 2. The Hall–Kier alpha value is -3.75. The lowest BCUT2D eigenvalue weighted by Crippen LogP contribution is -2.28. The van der Waals surface area contributed by atoms with E-state index in [0.29, 0.717) is 29.6 Å². The van der Waals surface area contributed by atoms with E-state index in [-0.39, 0.29) is 18.2 Å². The van der Waals surface area contributed by atoms with Gasteiger partial charge in [0.05, 0.1) is 36.8 Å². The molecule has 0 bridgehead atoms. The van der Waals surface area contributed by atoms with Gasteiger partial charge in [0.15, 0.2) is 0 Å². The van der Waals surface area contributed by atoms with Crippen molar-refractivity contribution in [1.29, 1.82) is 0 Å². The summed E-state index contributed by atoms with van der Waals surface area (Å²) in [6, 6.07) is 7.24. The fourth-order valence-electron chi connectivity index (χ4n) is 3.57. The molecule has 1 fully saturated rings. The van der Waals surface area contributed by atoms with Gasteiger partial charge in [-0.05, 0) is 38.5 Å². The van der Waals surface area contributed by atoms with Crippen molar-refractivity contribution in [2.45, 2.75) is 27.2 Å². The quantitative estimate of drug-likeness (QED) is 0.681. The van der Waals surface area contributed by atoms with Crippen LogP contribution in [0, 0.1) is 26.7 Å². The number of ether oxygens (including phenoxy) is 1. The Kier molecular flexibility index (Phi) is 5.41. The molecule has 2 amide bonds. The van der Waals surface area contributed by atoms with Crippen LogP contribution in [-0.2, 0) is 9.59 Å². The molecule has 1 atom stereocenters. The number of nitrogens with one attached hydrogen (secondary N) is 1. The van der Waals surface area contributed by atoms with Crippen LogP contribution < -0.4 is 15.0 Å². The number of methoxy groups -OCH3 is 1. The highest BCUT2D eigenvalue weighted by Crippen LogP contribution is 2.28. The predicted molar refractivity (Wildman–Crippen MR) is 115 cm³/mol. The van der Waals surface area contributed by atoms with Gasteiger partial charge in [-0.1, -0.05) is 6.07 Å². The van der Waals surface area contributed by atoms with Crippen LogP contribution in [0.2, 0.25) is 0 Å². The number of aromatic nitrogens is 4. The summed E-state index contributed by atoms with van der Waals surface area (Å²) in [6.45, 7) is 6.20. The van der Waals surface area contributed by atoms with E-state index in [0.717, 1.165) is 17.0 Å². The minimum atomic E-state index is -0.461. The van der Waals surface area contributed by atoms with Crippen molar-refractivity contribution in [3.63, 3.8) is 0 Å². The SMILES string of the molecule is COc1cccc(N2CC(C(=O)Nc3cnc(-n4nc(C)c(C)c4C)nc3)CC2=O)c1. The third-order valence-corrected chi connectivity index (χ3v) is 5.61. The van der Waals surface area contributed by atoms with Gasteiger partial charge in [-0.25, -0.2) is 14.6 Å². The Labute approximate surface area is 180 Å².